The van der Waals surface area contributed by atoms with Crippen molar-refractivity contribution in [3.05, 3.63) is 68.7 Å². The summed E-state index contributed by atoms with van der Waals surface area (Å²) in [6, 6.07) is 10.7. The van der Waals surface area contributed by atoms with Crippen LogP contribution in [0.2, 0.25) is 5.02 Å². The van der Waals surface area contributed by atoms with Crippen molar-refractivity contribution < 1.29 is 14.5 Å². The SMILES string of the molecule is CN(C)c1ccc([N+](=O)[O-])cc1/C=C1/C(=O)NC(=S)N(c2cccc(Cl)c2)C1=O. The summed E-state index contributed by atoms with van der Waals surface area (Å²) in [5.74, 6) is -1.34. The van der Waals surface area contributed by atoms with Gasteiger partial charge in [-0.15, -0.1) is 0 Å². The minimum absolute atomic E-state index is 0.0775. The highest BCUT2D eigenvalue weighted by Gasteiger charge is 2.34. The highest BCUT2D eigenvalue weighted by atomic mass is 35.5. The second-order valence-corrected chi connectivity index (χ2v) is 7.16. The lowest BCUT2D eigenvalue weighted by atomic mass is 10.0. The van der Waals surface area contributed by atoms with Crippen LogP contribution in [0.3, 0.4) is 0 Å². The topological polar surface area (TPSA) is 95.8 Å². The zero-order valence-corrected chi connectivity index (χ0v) is 17.0. The number of thiocarbonyl (C=S) groups is 1. The minimum atomic E-state index is -0.686. The van der Waals surface area contributed by atoms with E-state index in [1.807, 2.05) is 0 Å². The molecule has 1 aliphatic heterocycles. The predicted molar refractivity (Wildman–Crippen MR) is 115 cm³/mol. The van der Waals surface area contributed by atoms with Crippen LogP contribution < -0.4 is 15.1 Å². The van der Waals surface area contributed by atoms with Crippen LogP contribution in [0.4, 0.5) is 17.1 Å². The van der Waals surface area contributed by atoms with E-state index in [-0.39, 0.29) is 16.4 Å². The molecule has 10 heteroatoms. The van der Waals surface area contributed by atoms with Crippen LogP contribution in [0.15, 0.2) is 48.0 Å². The van der Waals surface area contributed by atoms with Gasteiger partial charge in [-0.25, -0.2) is 0 Å². The summed E-state index contributed by atoms with van der Waals surface area (Å²) in [4.78, 5) is 39.0. The van der Waals surface area contributed by atoms with Crippen LogP contribution in [-0.2, 0) is 9.59 Å². The molecule has 0 spiro atoms. The third-order valence-electron chi connectivity index (χ3n) is 4.17. The largest absolute Gasteiger partial charge is 0.377 e. The molecule has 2 aromatic rings. The van der Waals surface area contributed by atoms with E-state index in [2.05, 4.69) is 5.32 Å². The van der Waals surface area contributed by atoms with Gasteiger partial charge in [0.1, 0.15) is 5.57 Å². The number of hydrogen-bond donors (Lipinski definition) is 1. The Morgan fingerprint density at radius 2 is 1.93 bits per heavy atom. The van der Waals surface area contributed by atoms with Gasteiger partial charge in [0.2, 0.25) is 0 Å². The Labute approximate surface area is 176 Å². The monoisotopic (exact) mass is 430 g/mol. The second-order valence-electron chi connectivity index (χ2n) is 6.33. The fourth-order valence-corrected chi connectivity index (χ4v) is 3.31. The van der Waals surface area contributed by atoms with Gasteiger partial charge in [-0.1, -0.05) is 17.7 Å². The number of carbonyl (C=O) groups excluding carboxylic acids is 2. The van der Waals surface area contributed by atoms with E-state index < -0.39 is 16.7 Å². The Hall–Kier alpha value is -3.30. The zero-order valence-electron chi connectivity index (χ0n) is 15.4. The molecule has 1 aliphatic rings. The summed E-state index contributed by atoms with van der Waals surface area (Å²) in [6.45, 7) is 0. The van der Waals surface area contributed by atoms with Crippen molar-refractivity contribution in [3.63, 3.8) is 0 Å². The maximum Gasteiger partial charge on any atom is 0.270 e. The smallest absolute Gasteiger partial charge is 0.270 e. The summed E-state index contributed by atoms with van der Waals surface area (Å²) >= 11 is 11.2. The van der Waals surface area contributed by atoms with Gasteiger partial charge in [0.15, 0.2) is 5.11 Å². The van der Waals surface area contributed by atoms with E-state index in [0.29, 0.717) is 22.0 Å². The number of anilines is 2. The Balaban J connectivity index is 2.12. The van der Waals surface area contributed by atoms with E-state index >= 15 is 0 Å². The number of nitrogens with zero attached hydrogens (tertiary/aromatic N) is 3. The maximum atomic E-state index is 13.1. The molecule has 0 unspecified atom stereocenters. The van der Waals surface area contributed by atoms with Crippen LogP contribution in [-0.4, -0.2) is 35.9 Å². The van der Waals surface area contributed by atoms with Crippen LogP contribution >= 0.6 is 23.8 Å². The third-order valence-corrected chi connectivity index (χ3v) is 4.69. The molecular weight excluding hydrogens is 416 g/mol. The van der Waals surface area contributed by atoms with Gasteiger partial charge in [-0.3, -0.25) is 29.9 Å². The molecule has 0 aliphatic carbocycles. The number of hydrogen-bond acceptors (Lipinski definition) is 6. The first-order valence-electron chi connectivity index (χ1n) is 8.32. The average molecular weight is 431 g/mol. The molecule has 3 rings (SSSR count). The number of amides is 2. The van der Waals surface area contributed by atoms with Crippen molar-refractivity contribution in [1.29, 1.82) is 0 Å². The molecular formula is C19H15ClN4O4S. The molecule has 0 radical (unpaired) electrons. The molecule has 1 heterocycles. The summed E-state index contributed by atoms with van der Waals surface area (Å²) in [5, 5.41) is 13.9. The number of non-ortho nitro benzene ring substituents is 1. The molecule has 1 saturated heterocycles. The van der Waals surface area contributed by atoms with Gasteiger partial charge in [0, 0.05) is 42.5 Å². The normalized spacial score (nSPS) is 15.5. The molecule has 0 aromatic heterocycles. The first-order valence-corrected chi connectivity index (χ1v) is 9.10. The minimum Gasteiger partial charge on any atom is -0.377 e. The number of nitro benzene ring substituents is 1. The average Bonchev–Trinajstić information content (AvgIpc) is 2.64. The van der Waals surface area contributed by atoms with E-state index in [4.69, 9.17) is 23.8 Å². The highest BCUT2D eigenvalue weighted by molar-refractivity contribution is 7.80. The number of nitro groups is 1. The van der Waals surface area contributed by atoms with Gasteiger partial charge in [0.25, 0.3) is 17.5 Å². The van der Waals surface area contributed by atoms with Gasteiger partial charge in [0.05, 0.1) is 10.6 Å². The fourth-order valence-electron chi connectivity index (χ4n) is 2.84. The molecule has 0 bridgehead atoms. The lowest BCUT2D eigenvalue weighted by Gasteiger charge is -2.29. The molecule has 1 N–H and O–H groups in total. The Morgan fingerprint density at radius 1 is 1.21 bits per heavy atom. The van der Waals surface area contributed by atoms with Crippen LogP contribution in [0.1, 0.15) is 5.56 Å². The van der Waals surface area contributed by atoms with Gasteiger partial charge in [-0.05, 0) is 42.6 Å². The predicted octanol–water partition coefficient (Wildman–Crippen LogP) is 3.15. The lowest BCUT2D eigenvalue weighted by molar-refractivity contribution is -0.384. The molecule has 148 valence electrons. The number of rotatable bonds is 4. The summed E-state index contributed by atoms with van der Waals surface area (Å²) < 4.78 is 0. The third kappa shape index (κ3) is 4.10. The standard InChI is InChI=1S/C19H15ClN4O4S/c1-22(2)16-7-6-14(24(27)28)8-11(16)9-15-17(25)21-19(29)23(18(15)26)13-5-3-4-12(20)10-13/h3-10H,1-2H3,(H,21,25,29)/b15-9-. The zero-order chi connectivity index (χ0) is 21.3. The molecule has 0 atom stereocenters. The Morgan fingerprint density at radius 3 is 2.55 bits per heavy atom. The first kappa shape index (κ1) is 20.4. The molecule has 2 amide bonds. The number of carbonyl (C=O) groups is 2. The molecule has 8 nitrogen and oxygen atoms in total. The fraction of sp³-hybridized carbons (Fsp3) is 0.105. The van der Waals surface area contributed by atoms with Crippen molar-refractivity contribution >= 4 is 63.9 Å². The number of halogens is 1. The summed E-state index contributed by atoms with van der Waals surface area (Å²) in [7, 11) is 3.50. The van der Waals surface area contributed by atoms with Crippen molar-refractivity contribution in [2.45, 2.75) is 0 Å². The number of nitrogens with one attached hydrogen (secondary N) is 1. The maximum absolute atomic E-state index is 13.1. The molecule has 0 saturated carbocycles. The molecule has 1 fully saturated rings. The molecule has 29 heavy (non-hydrogen) atoms. The van der Waals surface area contributed by atoms with Crippen molar-refractivity contribution in [1.82, 2.24) is 5.32 Å². The first-order chi connectivity index (χ1) is 13.7. The van der Waals surface area contributed by atoms with E-state index in [9.17, 15) is 19.7 Å². The van der Waals surface area contributed by atoms with E-state index in [1.165, 1.54) is 18.2 Å². The highest BCUT2D eigenvalue weighted by Crippen LogP contribution is 2.29. The van der Waals surface area contributed by atoms with Gasteiger partial charge < -0.3 is 4.90 Å². The summed E-state index contributed by atoms with van der Waals surface area (Å²) in [5.41, 5.74) is 0.980. The van der Waals surface area contributed by atoms with E-state index in [0.717, 1.165) is 4.90 Å². The quantitative estimate of drug-likeness (QED) is 0.263. The van der Waals surface area contributed by atoms with Gasteiger partial charge in [-0.2, -0.15) is 0 Å². The van der Waals surface area contributed by atoms with Crippen LogP contribution in [0.5, 0.6) is 0 Å². The molecule has 2 aromatic carbocycles. The summed E-state index contributed by atoms with van der Waals surface area (Å²) in [6.07, 6.45) is 1.32. The Bertz CT molecular complexity index is 1080. The van der Waals surface area contributed by atoms with Gasteiger partial charge >= 0.3 is 0 Å². The van der Waals surface area contributed by atoms with Crippen LogP contribution in [0.25, 0.3) is 6.08 Å². The van der Waals surface area contributed by atoms with Crippen molar-refractivity contribution in [3.8, 4) is 0 Å². The Kier molecular flexibility index (Phi) is 5.62. The van der Waals surface area contributed by atoms with Crippen molar-refractivity contribution in [2.75, 3.05) is 23.9 Å². The second kappa shape index (κ2) is 7.98. The van der Waals surface area contributed by atoms with Crippen LogP contribution in [0, 0.1) is 10.1 Å². The van der Waals surface area contributed by atoms with E-state index in [1.54, 1.807) is 49.3 Å². The van der Waals surface area contributed by atoms with Crippen molar-refractivity contribution in [2.24, 2.45) is 0 Å². The lowest BCUT2D eigenvalue weighted by Crippen LogP contribution is -2.54. The number of benzene rings is 2.